The summed E-state index contributed by atoms with van der Waals surface area (Å²) in [5, 5.41) is 2.42. The van der Waals surface area contributed by atoms with Crippen LogP contribution in [0.2, 0.25) is 0 Å². The second kappa shape index (κ2) is 9.85. The molecule has 0 fully saturated rings. The van der Waals surface area contributed by atoms with Gasteiger partial charge in [-0.05, 0) is 23.3 Å². The van der Waals surface area contributed by atoms with Gasteiger partial charge in [0.1, 0.15) is 12.3 Å². The van der Waals surface area contributed by atoms with E-state index in [2.05, 4.69) is 10.3 Å². The van der Waals surface area contributed by atoms with Crippen LogP contribution in [0.4, 0.5) is 4.79 Å². The average molecular weight is 388 g/mol. The quantitative estimate of drug-likeness (QED) is 0.506. The minimum Gasteiger partial charge on any atom is -0.464 e. The fourth-order valence-electron chi connectivity index (χ4n) is 2.57. The number of carbonyl (C=O) groups excluding carboxylic acids is 2. The van der Waals surface area contributed by atoms with Crippen molar-refractivity contribution in [2.45, 2.75) is 6.61 Å². The van der Waals surface area contributed by atoms with Gasteiger partial charge in [0.2, 0.25) is 0 Å². The molecule has 29 heavy (non-hydrogen) atoms. The lowest BCUT2D eigenvalue weighted by molar-refractivity contribution is -0.136. The largest absolute Gasteiger partial charge is 0.464 e. The maximum absolute atomic E-state index is 12.1. The SMILES string of the molecule is COC(=O)/C(=C/c1ccc(-c2ccccc2)cn1)NC(=O)OCc1ccccc1. The molecule has 2 aromatic carbocycles. The first-order valence-corrected chi connectivity index (χ1v) is 8.95. The highest BCUT2D eigenvalue weighted by atomic mass is 16.6. The van der Waals surface area contributed by atoms with Gasteiger partial charge < -0.3 is 9.47 Å². The number of alkyl carbamates (subject to hydrolysis) is 1. The highest BCUT2D eigenvalue weighted by Crippen LogP contribution is 2.18. The van der Waals surface area contributed by atoms with Crippen LogP contribution in [-0.4, -0.2) is 24.2 Å². The van der Waals surface area contributed by atoms with Crippen molar-refractivity contribution in [3.63, 3.8) is 0 Å². The predicted molar refractivity (Wildman–Crippen MR) is 109 cm³/mol. The summed E-state index contributed by atoms with van der Waals surface area (Å²) in [6.45, 7) is 0.0884. The summed E-state index contributed by atoms with van der Waals surface area (Å²) in [6, 6.07) is 22.7. The van der Waals surface area contributed by atoms with Crippen LogP contribution in [0.3, 0.4) is 0 Å². The van der Waals surface area contributed by atoms with Crippen LogP contribution in [0.5, 0.6) is 0 Å². The smallest absolute Gasteiger partial charge is 0.412 e. The molecular formula is C23H20N2O4. The fraction of sp³-hybridized carbons (Fsp3) is 0.0870. The van der Waals surface area contributed by atoms with E-state index in [1.54, 1.807) is 12.3 Å². The first-order chi connectivity index (χ1) is 14.2. The number of ether oxygens (including phenoxy) is 2. The topological polar surface area (TPSA) is 77.5 Å². The second-order valence-corrected chi connectivity index (χ2v) is 6.07. The van der Waals surface area contributed by atoms with E-state index in [0.717, 1.165) is 16.7 Å². The molecule has 3 aromatic rings. The highest BCUT2D eigenvalue weighted by Gasteiger charge is 2.15. The molecule has 0 aliphatic rings. The van der Waals surface area contributed by atoms with E-state index >= 15 is 0 Å². The van der Waals surface area contributed by atoms with E-state index in [0.29, 0.717) is 5.69 Å². The minimum absolute atomic E-state index is 0.0643. The standard InChI is InChI=1S/C23H20N2O4/c1-28-22(26)21(25-23(27)29-16-17-8-4-2-5-9-17)14-20-13-12-19(15-24-20)18-10-6-3-7-11-18/h2-15H,16H2,1H3,(H,25,27)/b21-14-. The number of hydrogen-bond donors (Lipinski definition) is 1. The zero-order valence-electron chi connectivity index (χ0n) is 15.9. The van der Waals surface area contributed by atoms with Gasteiger partial charge in [0, 0.05) is 11.8 Å². The van der Waals surface area contributed by atoms with Crippen LogP contribution in [0.25, 0.3) is 17.2 Å². The molecule has 0 atom stereocenters. The Morgan fingerprint density at radius 1 is 0.931 bits per heavy atom. The van der Waals surface area contributed by atoms with Gasteiger partial charge in [-0.25, -0.2) is 9.59 Å². The molecule has 1 aromatic heterocycles. The number of nitrogens with zero attached hydrogens (tertiary/aromatic N) is 1. The van der Waals surface area contributed by atoms with E-state index < -0.39 is 12.1 Å². The molecule has 0 saturated carbocycles. The number of methoxy groups -OCH3 is 1. The molecule has 0 radical (unpaired) electrons. The Morgan fingerprint density at radius 3 is 2.24 bits per heavy atom. The molecule has 146 valence electrons. The molecule has 1 amide bonds. The maximum Gasteiger partial charge on any atom is 0.412 e. The van der Waals surface area contributed by atoms with E-state index in [9.17, 15) is 9.59 Å². The van der Waals surface area contributed by atoms with Gasteiger partial charge in [0.15, 0.2) is 0 Å². The van der Waals surface area contributed by atoms with Crippen molar-refractivity contribution in [1.29, 1.82) is 0 Å². The van der Waals surface area contributed by atoms with Crippen molar-refractivity contribution < 1.29 is 19.1 Å². The summed E-state index contributed by atoms with van der Waals surface area (Å²) < 4.78 is 9.88. The molecule has 0 spiro atoms. The monoisotopic (exact) mass is 388 g/mol. The molecule has 1 heterocycles. The molecule has 0 aliphatic carbocycles. The number of esters is 1. The van der Waals surface area contributed by atoms with Crippen LogP contribution < -0.4 is 5.32 Å². The number of nitrogens with one attached hydrogen (secondary N) is 1. The molecule has 0 unspecified atom stereocenters. The highest BCUT2D eigenvalue weighted by molar-refractivity contribution is 5.96. The van der Waals surface area contributed by atoms with E-state index in [-0.39, 0.29) is 12.3 Å². The molecule has 3 rings (SSSR count). The number of amides is 1. The molecule has 1 N–H and O–H groups in total. The number of aromatic nitrogens is 1. The van der Waals surface area contributed by atoms with Gasteiger partial charge in [0.25, 0.3) is 0 Å². The summed E-state index contributed by atoms with van der Waals surface area (Å²) in [5.74, 6) is -0.699. The molecule has 6 heteroatoms. The summed E-state index contributed by atoms with van der Waals surface area (Å²) in [7, 11) is 1.24. The van der Waals surface area contributed by atoms with Crippen LogP contribution in [0, 0.1) is 0 Å². The maximum atomic E-state index is 12.1. The molecule has 0 saturated heterocycles. The zero-order valence-corrected chi connectivity index (χ0v) is 15.9. The van der Waals surface area contributed by atoms with Crippen LogP contribution in [-0.2, 0) is 20.9 Å². The normalized spacial score (nSPS) is 10.9. The first kappa shape index (κ1) is 19.8. The number of pyridine rings is 1. The lowest BCUT2D eigenvalue weighted by atomic mass is 10.1. The third-order valence-corrected chi connectivity index (χ3v) is 4.04. The Balaban J connectivity index is 1.70. The van der Waals surface area contributed by atoms with Gasteiger partial charge in [-0.3, -0.25) is 10.3 Å². The number of rotatable bonds is 6. The van der Waals surface area contributed by atoms with E-state index in [1.165, 1.54) is 13.2 Å². The van der Waals surface area contributed by atoms with Crippen LogP contribution >= 0.6 is 0 Å². The lowest BCUT2D eigenvalue weighted by Crippen LogP contribution is -2.28. The van der Waals surface area contributed by atoms with Gasteiger partial charge in [0.05, 0.1) is 12.8 Å². The van der Waals surface area contributed by atoms with Crippen molar-refractivity contribution in [2.24, 2.45) is 0 Å². The Bertz CT molecular complexity index is 984. The summed E-state index contributed by atoms with van der Waals surface area (Å²) in [6.07, 6.45) is 2.38. The average Bonchev–Trinajstić information content (AvgIpc) is 2.78. The molecule has 0 aliphatic heterocycles. The Labute approximate surface area is 168 Å². The van der Waals surface area contributed by atoms with Gasteiger partial charge >= 0.3 is 12.1 Å². The van der Waals surface area contributed by atoms with Gasteiger partial charge in [-0.2, -0.15) is 0 Å². The summed E-state index contributed by atoms with van der Waals surface area (Å²) in [4.78, 5) is 28.4. The Hall–Kier alpha value is -3.93. The summed E-state index contributed by atoms with van der Waals surface area (Å²) in [5.41, 5.74) is 3.24. The van der Waals surface area contributed by atoms with Crippen molar-refractivity contribution >= 4 is 18.1 Å². The molecule has 6 nitrogen and oxygen atoms in total. The van der Waals surface area contributed by atoms with Crippen LogP contribution in [0.15, 0.2) is 84.7 Å². The number of hydrogen-bond acceptors (Lipinski definition) is 5. The Kier molecular flexibility index (Phi) is 6.73. The first-order valence-electron chi connectivity index (χ1n) is 8.95. The third kappa shape index (κ3) is 5.77. The van der Waals surface area contributed by atoms with Crippen LogP contribution in [0.1, 0.15) is 11.3 Å². The zero-order chi connectivity index (χ0) is 20.5. The molecular weight excluding hydrogens is 368 g/mol. The summed E-state index contributed by atoms with van der Waals surface area (Å²) >= 11 is 0. The van der Waals surface area contributed by atoms with Gasteiger partial charge in [-0.1, -0.05) is 66.7 Å². The second-order valence-electron chi connectivity index (χ2n) is 6.07. The fourth-order valence-corrected chi connectivity index (χ4v) is 2.57. The van der Waals surface area contributed by atoms with Gasteiger partial charge in [-0.15, -0.1) is 0 Å². The van der Waals surface area contributed by atoms with Crippen molar-refractivity contribution in [3.05, 3.63) is 95.9 Å². The van der Waals surface area contributed by atoms with E-state index in [4.69, 9.17) is 9.47 Å². The number of carbonyl (C=O) groups is 2. The minimum atomic E-state index is -0.758. The predicted octanol–water partition coefficient (Wildman–Crippen LogP) is 4.19. The third-order valence-electron chi connectivity index (χ3n) is 4.04. The van der Waals surface area contributed by atoms with Crippen molar-refractivity contribution in [2.75, 3.05) is 7.11 Å². The van der Waals surface area contributed by atoms with Crippen molar-refractivity contribution in [3.8, 4) is 11.1 Å². The Morgan fingerprint density at radius 2 is 1.62 bits per heavy atom. The van der Waals surface area contributed by atoms with Crippen molar-refractivity contribution in [1.82, 2.24) is 10.3 Å². The number of benzene rings is 2. The molecule has 0 bridgehead atoms. The van der Waals surface area contributed by atoms with E-state index in [1.807, 2.05) is 66.7 Å². The lowest BCUT2D eigenvalue weighted by Gasteiger charge is -2.09.